The molecule has 2 aliphatic rings. The van der Waals surface area contributed by atoms with Crippen molar-refractivity contribution in [3.8, 4) is 5.75 Å². The minimum Gasteiger partial charge on any atom is -0.493 e. The number of likely N-dealkylation sites (N-methyl/N-ethyl adjacent to an activating group) is 1. The molecule has 1 fully saturated rings. The lowest BCUT2D eigenvalue weighted by Crippen LogP contribution is -2.61. The highest BCUT2D eigenvalue weighted by atomic mass is 16.5. The third-order valence-electron chi connectivity index (χ3n) is 8.29. The molecule has 0 radical (unpaired) electrons. The van der Waals surface area contributed by atoms with Crippen LogP contribution in [0.3, 0.4) is 0 Å². The van der Waals surface area contributed by atoms with Crippen molar-refractivity contribution in [1.29, 1.82) is 0 Å². The molecule has 5 rings (SSSR count). The Labute approximate surface area is 244 Å². The average Bonchev–Trinajstić information content (AvgIpc) is 2.97. The van der Waals surface area contributed by atoms with Crippen LogP contribution in [0.1, 0.15) is 41.2 Å². The van der Waals surface area contributed by atoms with Gasteiger partial charge in [0, 0.05) is 51.6 Å². The number of carbonyl (C=O) groups excluding carboxylic acids is 2. The highest BCUT2D eigenvalue weighted by Gasteiger charge is 2.39. The highest BCUT2D eigenvalue weighted by molar-refractivity contribution is 6.03. The maximum Gasteiger partial charge on any atom is 0.251 e. The van der Waals surface area contributed by atoms with E-state index in [4.69, 9.17) is 4.74 Å². The van der Waals surface area contributed by atoms with Crippen LogP contribution in [0.5, 0.6) is 5.75 Å². The molecule has 2 unspecified atom stereocenters. The van der Waals surface area contributed by atoms with Gasteiger partial charge in [0.15, 0.2) is 0 Å². The van der Waals surface area contributed by atoms with Crippen molar-refractivity contribution in [2.24, 2.45) is 0 Å². The number of nitrogens with one attached hydrogen (secondary N) is 1. The summed E-state index contributed by atoms with van der Waals surface area (Å²) in [5.41, 5.74) is 7.75. The molecule has 1 N–H and O–H groups in total. The molecule has 6 nitrogen and oxygen atoms in total. The zero-order valence-electron chi connectivity index (χ0n) is 24.7. The lowest BCUT2D eigenvalue weighted by atomic mass is 9.82. The maximum atomic E-state index is 14.0. The molecule has 0 aliphatic carbocycles. The molecule has 41 heavy (non-hydrogen) atoms. The van der Waals surface area contributed by atoms with E-state index in [1.807, 2.05) is 41.1 Å². The maximum absolute atomic E-state index is 14.0. The Kier molecular flexibility index (Phi) is 8.89. The first-order valence-electron chi connectivity index (χ1n) is 14.6. The number of ether oxygens (including phenoxy) is 1. The number of amides is 2. The van der Waals surface area contributed by atoms with E-state index in [2.05, 4.69) is 67.7 Å². The molecule has 0 spiro atoms. The Hall–Kier alpha value is -3.90. The van der Waals surface area contributed by atoms with Gasteiger partial charge in [0.2, 0.25) is 5.91 Å². The topological polar surface area (TPSA) is 61.9 Å². The summed E-state index contributed by atoms with van der Waals surface area (Å²) in [4.78, 5) is 30.0. The summed E-state index contributed by atoms with van der Waals surface area (Å²) in [6.45, 7) is 8.19. The minimum atomic E-state index is -0.182. The molecule has 0 saturated carbocycles. The number of carbonyl (C=O) groups is 2. The van der Waals surface area contributed by atoms with E-state index in [0.717, 1.165) is 40.9 Å². The Balaban J connectivity index is 1.34. The van der Waals surface area contributed by atoms with Gasteiger partial charge in [-0.05, 0) is 60.6 Å². The van der Waals surface area contributed by atoms with Crippen LogP contribution < -0.4 is 10.1 Å². The lowest BCUT2D eigenvalue weighted by molar-refractivity contribution is -0.132. The number of hydrogen-bond donors (Lipinski definition) is 1. The fourth-order valence-electron chi connectivity index (χ4n) is 5.99. The number of hydrogen-bond acceptors (Lipinski definition) is 4. The van der Waals surface area contributed by atoms with Crippen molar-refractivity contribution in [1.82, 2.24) is 15.1 Å². The second-order valence-corrected chi connectivity index (χ2v) is 11.5. The lowest BCUT2D eigenvalue weighted by Gasteiger charge is -2.44. The molecule has 2 aliphatic heterocycles. The van der Waals surface area contributed by atoms with Crippen molar-refractivity contribution in [3.63, 3.8) is 0 Å². The Bertz CT molecular complexity index is 1410. The van der Waals surface area contributed by atoms with Crippen molar-refractivity contribution in [2.75, 3.05) is 33.3 Å². The average molecular weight is 552 g/mol. The van der Waals surface area contributed by atoms with Crippen molar-refractivity contribution < 1.29 is 14.3 Å². The number of nitrogens with zero attached hydrogens (tertiary/aromatic N) is 2. The second-order valence-electron chi connectivity index (χ2n) is 11.5. The molecule has 3 aromatic rings. The standard InChI is InChI=1S/C35H41N3O3/c1-24-10-15-33(25(2)20-24)41-19-17-28-11-13-29(14-12-28)31-21-30-22-38(26(3)39)23-32(36-30)34(31)35(40)37(4)18-16-27-8-6-5-7-9-27/h5-15,20,30,32,36H,16-19,21-23H2,1-4H3. The second kappa shape index (κ2) is 12.7. The van der Waals surface area contributed by atoms with Gasteiger partial charge in [0.05, 0.1) is 12.6 Å². The Morgan fingerprint density at radius 1 is 0.951 bits per heavy atom. The molecular weight excluding hydrogens is 510 g/mol. The molecule has 2 bridgehead atoms. The molecule has 6 heteroatoms. The summed E-state index contributed by atoms with van der Waals surface area (Å²) in [5.74, 6) is 1.02. The summed E-state index contributed by atoms with van der Waals surface area (Å²) >= 11 is 0. The van der Waals surface area contributed by atoms with Gasteiger partial charge < -0.3 is 19.9 Å². The fraction of sp³-hybridized carbons (Fsp3) is 0.371. The molecule has 214 valence electrons. The van der Waals surface area contributed by atoms with Gasteiger partial charge in [-0.3, -0.25) is 9.59 Å². The van der Waals surface area contributed by atoms with Crippen molar-refractivity contribution in [2.45, 2.75) is 52.1 Å². The molecule has 1 saturated heterocycles. The molecule has 0 aromatic heterocycles. The summed E-state index contributed by atoms with van der Waals surface area (Å²) in [6, 6.07) is 25.0. The SMILES string of the molecule is CC(=O)N1CC2CC(c3ccc(CCOc4ccc(C)cc4C)cc3)=C(C(=O)N(C)CCc3ccccc3)C(C1)N2. The predicted octanol–water partition coefficient (Wildman–Crippen LogP) is 4.97. The Morgan fingerprint density at radius 3 is 2.39 bits per heavy atom. The van der Waals surface area contributed by atoms with Gasteiger partial charge in [0.25, 0.3) is 5.91 Å². The van der Waals surface area contributed by atoms with E-state index in [1.54, 1.807) is 6.92 Å². The van der Waals surface area contributed by atoms with Crippen LogP contribution in [-0.4, -0.2) is 67.0 Å². The van der Waals surface area contributed by atoms with E-state index >= 15 is 0 Å². The number of fused-ring (bicyclic) bond motifs is 2. The van der Waals surface area contributed by atoms with Crippen LogP contribution in [0.15, 0.2) is 78.4 Å². The van der Waals surface area contributed by atoms with Gasteiger partial charge in [0.1, 0.15) is 5.75 Å². The predicted molar refractivity (Wildman–Crippen MR) is 164 cm³/mol. The van der Waals surface area contributed by atoms with E-state index in [9.17, 15) is 9.59 Å². The van der Waals surface area contributed by atoms with Crippen LogP contribution in [0, 0.1) is 13.8 Å². The summed E-state index contributed by atoms with van der Waals surface area (Å²) in [5, 5.41) is 3.64. The monoisotopic (exact) mass is 551 g/mol. The Morgan fingerprint density at radius 2 is 1.68 bits per heavy atom. The van der Waals surface area contributed by atoms with Crippen LogP contribution >= 0.6 is 0 Å². The number of piperazine rings is 1. The minimum absolute atomic E-state index is 0.0308. The summed E-state index contributed by atoms with van der Waals surface area (Å²) in [6.07, 6.45) is 2.31. The normalized spacial score (nSPS) is 18.3. The first-order valence-corrected chi connectivity index (χ1v) is 14.6. The number of benzene rings is 3. The van der Waals surface area contributed by atoms with Crippen molar-refractivity contribution >= 4 is 17.4 Å². The third kappa shape index (κ3) is 6.88. The number of aryl methyl sites for hydroxylation is 2. The van der Waals surface area contributed by atoms with Crippen LogP contribution in [0.25, 0.3) is 5.57 Å². The van der Waals surface area contributed by atoms with Gasteiger partial charge >= 0.3 is 0 Å². The quantitative estimate of drug-likeness (QED) is 0.408. The van der Waals surface area contributed by atoms with Crippen LogP contribution in [0.2, 0.25) is 0 Å². The smallest absolute Gasteiger partial charge is 0.251 e. The van der Waals surface area contributed by atoms with E-state index in [-0.39, 0.29) is 23.9 Å². The zero-order valence-corrected chi connectivity index (χ0v) is 24.7. The van der Waals surface area contributed by atoms with Gasteiger partial charge in [-0.15, -0.1) is 0 Å². The molecule has 2 atom stereocenters. The zero-order chi connectivity index (χ0) is 28.9. The van der Waals surface area contributed by atoms with Crippen LogP contribution in [0.4, 0.5) is 0 Å². The number of rotatable bonds is 9. The van der Waals surface area contributed by atoms with E-state index in [1.165, 1.54) is 16.7 Å². The largest absolute Gasteiger partial charge is 0.493 e. The molecule has 2 heterocycles. The first kappa shape index (κ1) is 28.6. The molecular formula is C35H41N3O3. The van der Waals surface area contributed by atoms with Gasteiger partial charge in [-0.2, -0.15) is 0 Å². The summed E-state index contributed by atoms with van der Waals surface area (Å²) < 4.78 is 6.05. The highest BCUT2D eigenvalue weighted by Crippen LogP contribution is 2.34. The van der Waals surface area contributed by atoms with E-state index in [0.29, 0.717) is 32.7 Å². The first-order chi connectivity index (χ1) is 19.8. The summed E-state index contributed by atoms with van der Waals surface area (Å²) in [7, 11) is 1.88. The third-order valence-corrected chi connectivity index (χ3v) is 8.29. The van der Waals surface area contributed by atoms with Crippen molar-refractivity contribution in [3.05, 3.63) is 106 Å². The fourth-order valence-corrected chi connectivity index (χ4v) is 5.99. The van der Waals surface area contributed by atoms with Gasteiger partial charge in [-0.1, -0.05) is 72.3 Å². The molecule has 2 amide bonds. The molecule has 3 aromatic carbocycles. The van der Waals surface area contributed by atoms with Crippen LogP contribution in [-0.2, 0) is 22.4 Å². The van der Waals surface area contributed by atoms with Gasteiger partial charge in [-0.25, -0.2) is 0 Å². The van der Waals surface area contributed by atoms with E-state index < -0.39 is 0 Å².